The Hall–Kier alpha value is -3.54. The van der Waals surface area contributed by atoms with E-state index in [0.717, 1.165) is 49.2 Å². The number of amides is 2. The molecule has 0 radical (unpaired) electrons. The topological polar surface area (TPSA) is 63.0 Å². The van der Waals surface area contributed by atoms with Crippen LogP contribution in [0.1, 0.15) is 77.7 Å². The highest BCUT2D eigenvalue weighted by Crippen LogP contribution is 2.38. The minimum atomic E-state index is -0.146. The van der Waals surface area contributed by atoms with Gasteiger partial charge in [0, 0.05) is 26.1 Å². The smallest absolute Gasteiger partial charge is 0.289 e. The van der Waals surface area contributed by atoms with E-state index in [1.807, 2.05) is 21.9 Å². The van der Waals surface area contributed by atoms with Gasteiger partial charge in [0.05, 0.1) is 6.04 Å². The number of aryl methyl sites for hydroxylation is 1. The Kier molecular flexibility index (Phi) is 7.36. The number of hydrogen-bond donors (Lipinski definition) is 0. The van der Waals surface area contributed by atoms with Crippen LogP contribution in [0.5, 0.6) is 5.75 Å². The molecule has 0 spiro atoms. The quantitative estimate of drug-likeness (QED) is 0.404. The molecule has 1 fully saturated rings. The van der Waals surface area contributed by atoms with Gasteiger partial charge in [0.1, 0.15) is 18.1 Å². The molecule has 2 aromatic carbocycles. The van der Waals surface area contributed by atoms with E-state index in [2.05, 4.69) is 57.2 Å². The maximum atomic E-state index is 13.3. The molecule has 0 unspecified atom stereocenters. The van der Waals surface area contributed by atoms with Crippen LogP contribution in [0.2, 0.25) is 0 Å². The Morgan fingerprint density at radius 2 is 1.76 bits per heavy atom. The van der Waals surface area contributed by atoms with Gasteiger partial charge in [-0.15, -0.1) is 0 Å². The fourth-order valence-corrected chi connectivity index (χ4v) is 5.33. The number of carbonyl (C=O) groups excluding carboxylic acids is 2. The fourth-order valence-electron chi connectivity index (χ4n) is 5.33. The maximum absolute atomic E-state index is 13.3. The van der Waals surface area contributed by atoms with Gasteiger partial charge in [0.15, 0.2) is 5.76 Å². The number of fused-ring (bicyclic) bond motifs is 1. The van der Waals surface area contributed by atoms with Crippen LogP contribution in [-0.2, 0) is 17.8 Å². The molecular weight excluding hydrogens is 464 g/mol. The van der Waals surface area contributed by atoms with Gasteiger partial charge >= 0.3 is 0 Å². The minimum Gasteiger partial charge on any atom is -0.486 e. The Bertz CT molecular complexity index is 1250. The standard InChI is InChI=1S/C31H36N2O4/c1-21(2)18-29(34)33-17-14-23-10-11-25(19-27(23)30(33)24-8-6-22(3)7-9-24)36-20-26-12-13-28(37-26)31(35)32-15-4-5-16-32/h6-13,19,21,30H,4-5,14-18,20H2,1-3H3/t30-/m0/s1. The van der Waals surface area contributed by atoms with Gasteiger partial charge in [-0.2, -0.15) is 0 Å². The normalized spacial score (nSPS) is 17.2. The van der Waals surface area contributed by atoms with Crippen LogP contribution in [0.25, 0.3) is 0 Å². The van der Waals surface area contributed by atoms with Crippen molar-refractivity contribution in [2.75, 3.05) is 19.6 Å². The van der Waals surface area contributed by atoms with Crippen LogP contribution in [0.3, 0.4) is 0 Å². The van der Waals surface area contributed by atoms with Crippen molar-refractivity contribution in [3.05, 3.63) is 88.4 Å². The second kappa shape index (κ2) is 10.8. The summed E-state index contributed by atoms with van der Waals surface area (Å²) in [6.07, 6.45) is 3.45. The van der Waals surface area contributed by atoms with Crippen molar-refractivity contribution in [3.8, 4) is 5.75 Å². The predicted molar refractivity (Wildman–Crippen MR) is 143 cm³/mol. The first-order valence-electron chi connectivity index (χ1n) is 13.4. The highest BCUT2D eigenvalue weighted by atomic mass is 16.5. The maximum Gasteiger partial charge on any atom is 0.289 e. The van der Waals surface area contributed by atoms with E-state index in [0.29, 0.717) is 30.4 Å². The van der Waals surface area contributed by atoms with Crippen molar-refractivity contribution in [2.24, 2.45) is 5.92 Å². The lowest BCUT2D eigenvalue weighted by atomic mass is 9.87. The lowest BCUT2D eigenvalue weighted by Crippen LogP contribution is -2.41. The van der Waals surface area contributed by atoms with E-state index in [1.165, 1.54) is 11.1 Å². The first kappa shape index (κ1) is 25.1. The van der Waals surface area contributed by atoms with Gasteiger partial charge in [-0.3, -0.25) is 9.59 Å². The van der Waals surface area contributed by atoms with E-state index in [-0.39, 0.29) is 24.5 Å². The molecule has 3 aromatic rings. The molecule has 1 atom stereocenters. The average Bonchev–Trinajstić information content (AvgIpc) is 3.59. The summed E-state index contributed by atoms with van der Waals surface area (Å²) in [5, 5.41) is 0. The van der Waals surface area contributed by atoms with Crippen molar-refractivity contribution < 1.29 is 18.7 Å². The SMILES string of the molecule is Cc1ccc([C@H]2c3cc(OCc4ccc(C(=O)N5CCCC5)o4)ccc3CCN2C(=O)CC(C)C)cc1. The van der Waals surface area contributed by atoms with Gasteiger partial charge in [0.2, 0.25) is 5.91 Å². The first-order chi connectivity index (χ1) is 17.9. The Labute approximate surface area is 219 Å². The number of benzene rings is 2. The number of rotatable bonds is 7. The number of ether oxygens (including phenoxy) is 1. The number of carbonyl (C=O) groups is 2. The van der Waals surface area contributed by atoms with Crippen molar-refractivity contribution in [1.82, 2.24) is 9.80 Å². The molecule has 2 aliphatic heterocycles. The fraction of sp³-hybridized carbons (Fsp3) is 0.419. The molecule has 6 heteroatoms. The summed E-state index contributed by atoms with van der Waals surface area (Å²) < 4.78 is 11.9. The third-order valence-electron chi connectivity index (χ3n) is 7.29. The lowest BCUT2D eigenvalue weighted by molar-refractivity contribution is -0.134. The summed E-state index contributed by atoms with van der Waals surface area (Å²) >= 11 is 0. The third kappa shape index (κ3) is 5.58. The minimum absolute atomic E-state index is 0.0513. The van der Waals surface area contributed by atoms with Crippen molar-refractivity contribution in [2.45, 2.75) is 59.1 Å². The molecule has 194 valence electrons. The van der Waals surface area contributed by atoms with Crippen LogP contribution < -0.4 is 4.74 Å². The van der Waals surface area contributed by atoms with Crippen molar-refractivity contribution in [1.29, 1.82) is 0 Å². The van der Waals surface area contributed by atoms with Gasteiger partial charge in [0.25, 0.3) is 5.91 Å². The summed E-state index contributed by atoms with van der Waals surface area (Å²) in [5.74, 6) is 2.14. The zero-order chi connectivity index (χ0) is 25.9. The van der Waals surface area contributed by atoms with Crippen LogP contribution in [-0.4, -0.2) is 41.2 Å². The van der Waals surface area contributed by atoms with Crippen LogP contribution in [0.4, 0.5) is 0 Å². The molecule has 0 saturated carbocycles. The Morgan fingerprint density at radius 1 is 1.00 bits per heavy atom. The van der Waals surface area contributed by atoms with E-state index in [4.69, 9.17) is 9.15 Å². The second-order valence-electron chi connectivity index (χ2n) is 10.7. The predicted octanol–water partition coefficient (Wildman–Crippen LogP) is 5.92. The molecular formula is C31H36N2O4. The largest absolute Gasteiger partial charge is 0.486 e. The number of furan rings is 1. The Morgan fingerprint density at radius 3 is 2.49 bits per heavy atom. The van der Waals surface area contributed by atoms with E-state index in [9.17, 15) is 9.59 Å². The zero-order valence-corrected chi connectivity index (χ0v) is 22.0. The van der Waals surface area contributed by atoms with Gasteiger partial charge in [-0.1, -0.05) is 49.7 Å². The molecule has 0 bridgehead atoms. The van der Waals surface area contributed by atoms with Crippen LogP contribution in [0.15, 0.2) is 59.0 Å². The molecule has 37 heavy (non-hydrogen) atoms. The molecule has 1 aromatic heterocycles. The zero-order valence-electron chi connectivity index (χ0n) is 22.0. The molecule has 1 saturated heterocycles. The van der Waals surface area contributed by atoms with Gasteiger partial charge < -0.3 is 19.0 Å². The van der Waals surface area contributed by atoms with Crippen LogP contribution >= 0.6 is 0 Å². The van der Waals surface area contributed by atoms with Crippen molar-refractivity contribution in [3.63, 3.8) is 0 Å². The first-order valence-corrected chi connectivity index (χ1v) is 13.4. The second-order valence-corrected chi connectivity index (χ2v) is 10.7. The van der Waals surface area contributed by atoms with E-state index in [1.54, 1.807) is 6.07 Å². The van der Waals surface area contributed by atoms with Crippen LogP contribution in [0, 0.1) is 12.8 Å². The molecule has 3 heterocycles. The molecule has 2 amide bonds. The number of likely N-dealkylation sites (tertiary alicyclic amines) is 1. The van der Waals surface area contributed by atoms with E-state index >= 15 is 0 Å². The summed E-state index contributed by atoms with van der Waals surface area (Å²) in [4.78, 5) is 29.7. The lowest BCUT2D eigenvalue weighted by Gasteiger charge is -2.38. The summed E-state index contributed by atoms with van der Waals surface area (Å²) in [7, 11) is 0. The average molecular weight is 501 g/mol. The van der Waals surface area contributed by atoms with Gasteiger partial charge in [-0.05, 0) is 73.1 Å². The molecule has 5 rings (SSSR count). The molecule has 0 N–H and O–H groups in total. The Balaban J connectivity index is 1.37. The summed E-state index contributed by atoms with van der Waals surface area (Å²) in [6, 6.07) is 18.0. The number of hydrogen-bond acceptors (Lipinski definition) is 4. The summed E-state index contributed by atoms with van der Waals surface area (Å²) in [6.45, 7) is 8.77. The van der Waals surface area contributed by atoms with Gasteiger partial charge in [-0.25, -0.2) is 0 Å². The summed E-state index contributed by atoms with van der Waals surface area (Å²) in [5.41, 5.74) is 4.65. The molecule has 2 aliphatic rings. The molecule has 0 aliphatic carbocycles. The third-order valence-corrected chi connectivity index (χ3v) is 7.29. The molecule has 6 nitrogen and oxygen atoms in total. The monoisotopic (exact) mass is 500 g/mol. The highest BCUT2D eigenvalue weighted by Gasteiger charge is 2.32. The number of nitrogens with zero attached hydrogens (tertiary/aromatic N) is 2. The van der Waals surface area contributed by atoms with E-state index < -0.39 is 0 Å². The highest BCUT2D eigenvalue weighted by molar-refractivity contribution is 5.91. The van der Waals surface area contributed by atoms with Crippen molar-refractivity contribution >= 4 is 11.8 Å².